The first-order valence-corrected chi connectivity index (χ1v) is 7.82. The van der Waals surface area contributed by atoms with Crippen molar-refractivity contribution in [3.63, 3.8) is 0 Å². The minimum atomic E-state index is -4.41. The van der Waals surface area contributed by atoms with E-state index in [1.807, 2.05) is 13.8 Å². The van der Waals surface area contributed by atoms with Crippen LogP contribution in [0.1, 0.15) is 43.7 Å². The van der Waals surface area contributed by atoms with Crippen LogP contribution in [-0.4, -0.2) is 23.7 Å². The zero-order valence-electron chi connectivity index (χ0n) is 13.2. The topological polar surface area (TPSA) is 49.3 Å². The number of halogens is 3. The Balaban J connectivity index is 1.94. The Labute approximate surface area is 133 Å². The highest BCUT2D eigenvalue weighted by Crippen LogP contribution is 2.50. The van der Waals surface area contributed by atoms with Crippen LogP contribution >= 0.6 is 0 Å². The number of rotatable bonds is 6. The van der Waals surface area contributed by atoms with E-state index >= 15 is 0 Å². The molecule has 0 aliphatic heterocycles. The molecule has 0 bridgehead atoms. The van der Waals surface area contributed by atoms with Crippen molar-refractivity contribution in [2.75, 3.05) is 6.54 Å². The molecule has 1 saturated carbocycles. The van der Waals surface area contributed by atoms with Crippen LogP contribution in [0.2, 0.25) is 0 Å². The summed E-state index contributed by atoms with van der Waals surface area (Å²) in [5.74, 6) is -0.802. The van der Waals surface area contributed by atoms with Gasteiger partial charge in [0.1, 0.15) is 0 Å². The van der Waals surface area contributed by atoms with Gasteiger partial charge in [0.05, 0.1) is 11.7 Å². The van der Waals surface area contributed by atoms with Crippen LogP contribution in [-0.2, 0) is 11.0 Å². The summed E-state index contributed by atoms with van der Waals surface area (Å²) in [6.07, 6.45) is -4.04. The fourth-order valence-corrected chi connectivity index (χ4v) is 2.88. The van der Waals surface area contributed by atoms with Gasteiger partial charge in [0.15, 0.2) is 0 Å². The summed E-state index contributed by atoms with van der Waals surface area (Å²) in [4.78, 5) is 12.0. The van der Waals surface area contributed by atoms with E-state index in [9.17, 15) is 23.1 Å². The Bertz CT molecular complexity index is 557. The second-order valence-electron chi connectivity index (χ2n) is 6.56. The first kappa shape index (κ1) is 17.8. The SMILES string of the molecule is CC(C)CC(O)CNC(=O)C1CC1c1ccccc1C(F)(F)F. The van der Waals surface area contributed by atoms with E-state index in [1.54, 1.807) is 6.07 Å². The molecule has 128 valence electrons. The number of nitrogens with one attached hydrogen (secondary N) is 1. The Morgan fingerprint density at radius 3 is 2.61 bits per heavy atom. The third-order valence-corrected chi connectivity index (χ3v) is 4.05. The third-order valence-electron chi connectivity index (χ3n) is 4.05. The standard InChI is InChI=1S/C17H22F3NO2/c1-10(2)7-11(22)9-21-16(23)14-8-13(14)12-5-3-4-6-15(12)17(18,19)20/h3-6,10-11,13-14,22H,7-9H2,1-2H3,(H,21,23). The van der Waals surface area contributed by atoms with Gasteiger partial charge in [-0.15, -0.1) is 0 Å². The van der Waals surface area contributed by atoms with Crippen LogP contribution in [0.25, 0.3) is 0 Å². The predicted molar refractivity (Wildman–Crippen MR) is 80.8 cm³/mol. The number of aliphatic hydroxyl groups excluding tert-OH is 1. The zero-order chi connectivity index (χ0) is 17.2. The molecule has 2 rings (SSSR count). The maximum atomic E-state index is 13.0. The number of benzene rings is 1. The highest BCUT2D eigenvalue weighted by atomic mass is 19.4. The van der Waals surface area contributed by atoms with Gasteiger partial charge >= 0.3 is 6.18 Å². The van der Waals surface area contributed by atoms with Gasteiger partial charge in [-0.05, 0) is 36.3 Å². The lowest BCUT2D eigenvalue weighted by molar-refractivity contribution is -0.138. The second-order valence-corrected chi connectivity index (χ2v) is 6.56. The lowest BCUT2D eigenvalue weighted by Crippen LogP contribution is -2.34. The normalized spacial score (nSPS) is 22.0. The predicted octanol–water partition coefficient (Wildman–Crippen LogP) is 3.33. The summed E-state index contributed by atoms with van der Waals surface area (Å²) >= 11 is 0. The summed E-state index contributed by atoms with van der Waals surface area (Å²) in [5, 5.41) is 12.4. The molecule has 3 atom stereocenters. The van der Waals surface area contributed by atoms with Crippen molar-refractivity contribution in [3.8, 4) is 0 Å². The quantitative estimate of drug-likeness (QED) is 0.841. The summed E-state index contributed by atoms with van der Waals surface area (Å²) in [5.41, 5.74) is -0.483. The van der Waals surface area contributed by atoms with Gasteiger partial charge < -0.3 is 10.4 Å². The number of alkyl halides is 3. The van der Waals surface area contributed by atoms with Crippen molar-refractivity contribution in [1.82, 2.24) is 5.32 Å². The molecule has 1 aliphatic carbocycles. The van der Waals surface area contributed by atoms with Crippen LogP contribution in [0.15, 0.2) is 24.3 Å². The molecule has 1 aromatic carbocycles. The second kappa shape index (κ2) is 6.91. The van der Waals surface area contributed by atoms with Crippen molar-refractivity contribution in [2.24, 2.45) is 11.8 Å². The van der Waals surface area contributed by atoms with E-state index in [4.69, 9.17) is 0 Å². The fourth-order valence-electron chi connectivity index (χ4n) is 2.88. The lowest BCUT2D eigenvalue weighted by atomic mass is 10.0. The molecule has 23 heavy (non-hydrogen) atoms. The molecule has 0 aromatic heterocycles. The Morgan fingerprint density at radius 2 is 2.00 bits per heavy atom. The molecule has 2 N–H and O–H groups in total. The average molecular weight is 329 g/mol. The van der Waals surface area contributed by atoms with Gasteiger partial charge in [-0.1, -0.05) is 32.0 Å². The van der Waals surface area contributed by atoms with Crippen LogP contribution in [0.4, 0.5) is 13.2 Å². The van der Waals surface area contributed by atoms with Gasteiger partial charge in [0.2, 0.25) is 5.91 Å². The Kier molecular flexibility index (Phi) is 5.34. The van der Waals surface area contributed by atoms with Crippen molar-refractivity contribution in [3.05, 3.63) is 35.4 Å². The summed E-state index contributed by atoms with van der Waals surface area (Å²) in [6, 6.07) is 5.40. The van der Waals surface area contributed by atoms with E-state index < -0.39 is 29.7 Å². The van der Waals surface area contributed by atoms with E-state index in [0.717, 1.165) is 6.07 Å². The molecular weight excluding hydrogens is 307 g/mol. The summed E-state index contributed by atoms with van der Waals surface area (Å²) in [6.45, 7) is 4.08. The average Bonchev–Trinajstić information content (AvgIpc) is 3.23. The number of aliphatic hydroxyl groups is 1. The molecule has 1 fully saturated rings. The highest BCUT2D eigenvalue weighted by Gasteiger charge is 2.47. The largest absolute Gasteiger partial charge is 0.416 e. The van der Waals surface area contributed by atoms with Gasteiger partial charge in [0.25, 0.3) is 0 Å². The van der Waals surface area contributed by atoms with Crippen LogP contribution in [0.5, 0.6) is 0 Å². The van der Waals surface area contributed by atoms with Crippen LogP contribution < -0.4 is 5.32 Å². The smallest absolute Gasteiger partial charge is 0.391 e. The van der Waals surface area contributed by atoms with Gasteiger partial charge in [-0.2, -0.15) is 13.2 Å². The molecule has 1 aromatic rings. The number of hydrogen-bond donors (Lipinski definition) is 2. The van der Waals surface area contributed by atoms with E-state index in [0.29, 0.717) is 18.8 Å². The van der Waals surface area contributed by atoms with Crippen molar-refractivity contribution >= 4 is 5.91 Å². The van der Waals surface area contributed by atoms with Crippen LogP contribution in [0, 0.1) is 11.8 Å². The molecular formula is C17H22F3NO2. The number of hydrogen-bond acceptors (Lipinski definition) is 2. The fraction of sp³-hybridized carbons (Fsp3) is 0.588. The molecule has 0 saturated heterocycles. The van der Waals surface area contributed by atoms with Crippen molar-refractivity contribution in [1.29, 1.82) is 0 Å². The Hall–Kier alpha value is -1.56. The first-order valence-electron chi connectivity index (χ1n) is 7.82. The van der Waals surface area contributed by atoms with E-state index in [1.165, 1.54) is 12.1 Å². The zero-order valence-corrected chi connectivity index (χ0v) is 13.2. The maximum Gasteiger partial charge on any atom is 0.416 e. The minimum absolute atomic E-state index is 0.140. The molecule has 3 nitrogen and oxygen atoms in total. The highest BCUT2D eigenvalue weighted by molar-refractivity contribution is 5.83. The van der Waals surface area contributed by atoms with Gasteiger partial charge in [0, 0.05) is 12.5 Å². The molecule has 0 radical (unpaired) electrons. The van der Waals surface area contributed by atoms with Crippen molar-refractivity contribution < 1.29 is 23.1 Å². The molecule has 0 spiro atoms. The first-order chi connectivity index (χ1) is 10.7. The molecule has 1 amide bonds. The van der Waals surface area contributed by atoms with Crippen molar-refractivity contribution in [2.45, 2.75) is 44.9 Å². The molecule has 6 heteroatoms. The van der Waals surface area contributed by atoms with Gasteiger partial charge in [-0.3, -0.25) is 4.79 Å². The number of carbonyl (C=O) groups excluding carboxylic acids is 1. The van der Waals surface area contributed by atoms with E-state index in [2.05, 4.69) is 5.32 Å². The third kappa shape index (κ3) is 4.70. The number of carbonyl (C=O) groups is 1. The van der Waals surface area contributed by atoms with Gasteiger partial charge in [-0.25, -0.2) is 0 Å². The lowest BCUT2D eigenvalue weighted by Gasteiger charge is -2.14. The maximum absolute atomic E-state index is 13.0. The monoisotopic (exact) mass is 329 g/mol. The van der Waals surface area contributed by atoms with Crippen LogP contribution in [0.3, 0.4) is 0 Å². The molecule has 3 unspecified atom stereocenters. The minimum Gasteiger partial charge on any atom is -0.391 e. The Morgan fingerprint density at radius 1 is 1.35 bits per heavy atom. The van der Waals surface area contributed by atoms with E-state index in [-0.39, 0.29) is 18.0 Å². The molecule has 0 heterocycles. The molecule has 1 aliphatic rings. The summed E-state index contributed by atoms with van der Waals surface area (Å²) in [7, 11) is 0. The number of amides is 1. The summed E-state index contributed by atoms with van der Waals surface area (Å²) < 4.78 is 39.0.